The van der Waals surface area contributed by atoms with Crippen LogP contribution in [0.25, 0.3) is 0 Å². The van der Waals surface area contributed by atoms with E-state index in [9.17, 15) is 14.7 Å². The van der Waals surface area contributed by atoms with Crippen LogP contribution in [-0.2, 0) is 22.4 Å². The number of carboxylic acid groups (broad SMARTS) is 1. The van der Waals surface area contributed by atoms with Crippen LogP contribution in [0.15, 0.2) is 48.5 Å². The van der Waals surface area contributed by atoms with E-state index in [4.69, 9.17) is 9.47 Å². The number of nitrogens with one attached hydrogen (secondary N) is 1. The molecule has 2 aromatic rings. The highest BCUT2D eigenvalue weighted by Crippen LogP contribution is 2.21. The molecule has 1 amide bonds. The van der Waals surface area contributed by atoms with Gasteiger partial charge in [0.25, 0.3) is 0 Å². The van der Waals surface area contributed by atoms with E-state index in [1.165, 1.54) is 0 Å². The molecule has 0 aromatic heterocycles. The molecule has 0 aliphatic rings. The third-order valence-electron chi connectivity index (χ3n) is 4.05. The molecule has 1 unspecified atom stereocenters. The molecule has 2 aromatic carbocycles. The molecule has 0 spiro atoms. The Bertz CT molecular complexity index is 759. The van der Waals surface area contributed by atoms with E-state index in [1.807, 2.05) is 30.3 Å². The number of benzene rings is 2. The predicted octanol–water partition coefficient (Wildman–Crippen LogP) is 2.31. The van der Waals surface area contributed by atoms with Crippen LogP contribution in [0.2, 0.25) is 0 Å². The molecule has 0 aliphatic carbocycles. The Morgan fingerprint density at radius 1 is 1.08 bits per heavy atom. The number of methoxy groups -OCH3 is 2. The van der Waals surface area contributed by atoms with Gasteiger partial charge in [0.05, 0.1) is 26.6 Å². The summed E-state index contributed by atoms with van der Waals surface area (Å²) in [5.74, 6) is -0.612. The summed E-state index contributed by atoms with van der Waals surface area (Å²) in [6.07, 6.45) is 0.441. The lowest BCUT2D eigenvalue weighted by Gasteiger charge is -2.15. The van der Waals surface area contributed by atoms with E-state index in [2.05, 4.69) is 5.32 Å². The summed E-state index contributed by atoms with van der Waals surface area (Å²) in [5.41, 5.74) is 1.60. The van der Waals surface area contributed by atoms with E-state index >= 15 is 0 Å². The number of carboxylic acids is 1. The fraction of sp³-hybridized carbons (Fsp3) is 0.300. The molecule has 6 heteroatoms. The van der Waals surface area contributed by atoms with Crippen LogP contribution in [0, 0.1) is 5.92 Å². The lowest BCUT2D eigenvalue weighted by Crippen LogP contribution is -2.35. The maximum absolute atomic E-state index is 12.1. The molecule has 138 valence electrons. The van der Waals surface area contributed by atoms with Crippen molar-refractivity contribution < 1.29 is 24.2 Å². The van der Waals surface area contributed by atoms with Crippen LogP contribution in [0.3, 0.4) is 0 Å². The molecule has 0 bridgehead atoms. The Morgan fingerprint density at radius 2 is 1.85 bits per heavy atom. The zero-order valence-corrected chi connectivity index (χ0v) is 14.9. The molecule has 6 nitrogen and oxygen atoms in total. The Kier molecular flexibility index (Phi) is 7.02. The van der Waals surface area contributed by atoms with Crippen molar-refractivity contribution in [2.75, 3.05) is 20.8 Å². The summed E-state index contributed by atoms with van der Waals surface area (Å²) in [5, 5.41) is 12.2. The smallest absolute Gasteiger partial charge is 0.308 e. The van der Waals surface area contributed by atoms with Gasteiger partial charge in [0.2, 0.25) is 5.91 Å². The number of aliphatic carboxylic acids is 1. The Balaban J connectivity index is 1.95. The quantitative estimate of drug-likeness (QED) is 0.719. The Labute approximate surface area is 152 Å². The number of carbonyl (C=O) groups is 2. The van der Waals surface area contributed by atoms with Crippen LogP contribution in [0.5, 0.6) is 11.5 Å². The molecular formula is C20H23NO5. The van der Waals surface area contributed by atoms with Crippen LogP contribution in [-0.4, -0.2) is 37.7 Å². The molecule has 0 aliphatic heterocycles. The van der Waals surface area contributed by atoms with Crippen molar-refractivity contribution in [1.29, 1.82) is 0 Å². The summed E-state index contributed by atoms with van der Waals surface area (Å²) in [7, 11) is 3.11. The lowest BCUT2D eigenvalue weighted by atomic mass is 9.98. The average Bonchev–Trinajstić information content (AvgIpc) is 2.65. The first kappa shape index (κ1) is 19.3. The van der Waals surface area contributed by atoms with Gasteiger partial charge >= 0.3 is 5.97 Å². The van der Waals surface area contributed by atoms with Crippen molar-refractivity contribution >= 4 is 11.9 Å². The van der Waals surface area contributed by atoms with Gasteiger partial charge in [0.1, 0.15) is 11.5 Å². The van der Waals surface area contributed by atoms with Crippen LogP contribution >= 0.6 is 0 Å². The predicted molar refractivity (Wildman–Crippen MR) is 97.5 cm³/mol. The van der Waals surface area contributed by atoms with Gasteiger partial charge < -0.3 is 19.9 Å². The van der Waals surface area contributed by atoms with Crippen molar-refractivity contribution in [3.05, 3.63) is 59.7 Å². The molecule has 0 heterocycles. The maximum Gasteiger partial charge on any atom is 0.308 e. The SMILES string of the molecule is COc1cccc(CC(=O)NCC(Cc2ccccc2OC)C(=O)O)c1. The zero-order valence-electron chi connectivity index (χ0n) is 14.9. The second-order valence-electron chi connectivity index (χ2n) is 5.88. The molecule has 0 radical (unpaired) electrons. The van der Waals surface area contributed by atoms with Crippen molar-refractivity contribution in [1.82, 2.24) is 5.32 Å². The second-order valence-corrected chi connectivity index (χ2v) is 5.88. The zero-order chi connectivity index (χ0) is 18.9. The molecule has 26 heavy (non-hydrogen) atoms. The summed E-state index contributed by atoms with van der Waals surface area (Å²) in [6.45, 7) is 0.0518. The number of hydrogen-bond acceptors (Lipinski definition) is 4. The van der Waals surface area contributed by atoms with Crippen molar-refractivity contribution in [3.63, 3.8) is 0 Å². The molecular weight excluding hydrogens is 334 g/mol. The van der Waals surface area contributed by atoms with E-state index in [-0.39, 0.29) is 25.3 Å². The topological polar surface area (TPSA) is 84.9 Å². The van der Waals surface area contributed by atoms with Gasteiger partial charge in [-0.25, -0.2) is 0 Å². The number of rotatable bonds is 9. The first-order chi connectivity index (χ1) is 12.5. The number of ether oxygens (including phenoxy) is 2. The Hall–Kier alpha value is -3.02. The van der Waals surface area contributed by atoms with Crippen LogP contribution in [0.1, 0.15) is 11.1 Å². The summed E-state index contributed by atoms with van der Waals surface area (Å²) >= 11 is 0. The average molecular weight is 357 g/mol. The van der Waals surface area contributed by atoms with E-state index in [0.717, 1.165) is 11.1 Å². The van der Waals surface area contributed by atoms with Gasteiger partial charge in [-0.05, 0) is 35.7 Å². The largest absolute Gasteiger partial charge is 0.497 e. The highest BCUT2D eigenvalue weighted by atomic mass is 16.5. The highest BCUT2D eigenvalue weighted by Gasteiger charge is 2.20. The molecule has 2 rings (SSSR count). The summed E-state index contributed by atoms with van der Waals surface area (Å²) in [6, 6.07) is 14.5. The van der Waals surface area contributed by atoms with Crippen LogP contribution < -0.4 is 14.8 Å². The number of amides is 1. The first-order valence-corrected chi connectivity index (χ1v) is 8.27. The summed E-state index contributed by atoms with van der Waals surface area (Å²) in [4.78, 5) is 23.7. The number of para-hydroxylation sites is 1. The van der Waals surface area contributed by atoms with Crippen LogP contribution in [0.4, 0.5) is 0 Å². The standard InChI is InChI=1S/C20H23NO5/c1-25-17-8-5-6-14(10-17)11-19(22)21-13-16(20(23)24)12-15-7-3-4-9-18(15)26-2/h3-10,16H,11-13H2,1-2H3,(H,21,22)(H,23,24). The molecule has 1 atom stereocenters. The monoisotopic (exact) mass is 357 g/mol. The van der Waals surface area contributed by atoms with E-state index < -0.39 is 11.9 Å². The highest BCUT2D eigenvalue weighted by molar-refractivity contribution is 5.79. The third-order valence-corrected chi connectivity index (χ3v) is 4.05. The van der Waals surface area contributed by atoms with Gasteiger partial charge in [0.15, 0.2) is 0 Å². The molecule has 0 saturated heterocycles. The van der Waals surface area contributed by atoms with Gasteiger partial charge in [0, 0.05) is 6.54 Å². The van der Waals surface area contributed by atoms with Gasteiger partial charge in [-0.1, -0.05) is 30.3 Å². The molecule has 0 saturated carbocycles. The normalized spacial score (nSPS) is 11.5. The van der Waals surface area contributed by atoms with Crippen molar-refractivity contribution in [3.8, 4) is 11.5 Å². The van der Waals surface area contributed by atoms with Crippen molar-refractivity contribution in [2.45, 2.75) is 12.8 Å². The van der Waals surface area contributed by atoms with Gasteiger partial charge in [-0.3, -0.25) is 9.59 Å². The minimum atomic E-state index is -0.961. The number of hydrogen-bond donors (Lipinski definition) is 2. The van der Waals surface area contributed by atoms with Crippen molar-refractivity contribution in [2.24, 2.45) is 5.92 Å². The molecule has 0 fully saturated rings. The van der Waals surface area contributed by atoms with E-state index in [1.54, 1.807) is 32.4 Å². The molecule has 2 N–H and O–H groups in total. The van der Waals surface area contributed by atoms with Gasteiger partial charge in [-0.2, -0.15) is 0 Å². The minimum absolute atomic E-state index is 0.0518. The first-order valence-electron chi connectivity index (χ1n) is 8.27. The van der Waals surface area contributed by atoms with Gasteiger partial charge in [-0.15, -0.1) is 0 Å². The maximum atomic E-state index is 12.1. The summed E-state index contributed by atoms with van der Waals surface area (Å²) < 4.78 is 10.4. The van der Waals surface area contributed by atoms with E-state index in [0.29, 0.717) is 11.5 Å². The minimum Gasteiger partial charge on any atom is -0.497 e. The fourth-order valence-electron chi connectivity index (χ4n) is 2.65. The second kappa shape index (κ2) is 9.46. The third kappa shape index (κ3) is 5.51. The Morgan fingerprint density at radius 3 is 2.54 bits per heavy atom. The fourth-order valence-corrected chi connectivity index (χ4v) is 2.65. The lowest BCUT2D eigenvalue weighted by molar-refractivity contribution is -0.141. The number of carbonyl (C=O) groups excluding carboxylic acids is 1.